The van der Waals surface area contributed by atoms with E-state index in [0.29, 0.717) is 5.95 Å². The predicted molar refractivity (Wildman–Crippen MR) is 77.9 cm³/mol. The van der Waals surface area contributed by atoms with Gasteiger partial charge in [0.25, 0.3) is 0 Å². The maximum atomic E-state index is 5.70. The van der Waals surface area contributed by atoms with Crippen LogP contribution in [0.4, 0.5) is 17.3 Å². The van der Waals surface area contributed by atoms with Crippen LogP contribution in [0.2, 0.25) is 5.28 Å². The van der Waals surface area contributed by atoms with E-state index >= 15 is 0 Å². The zero-order chi connectivity index (χ0) is 13.5. The van der Waals surface area contributed by atoms with Gasteiger partial charge in [0.15, 0.2) is 0 Å². The summed E-state index contributed by atoms with van der Waals surface area (Å²) in [7, 11) is 0. The highest BCUT2D eigenvalue weighted by atomic mass is 35.5. The van der Waals surface area contributed by atoms with Gasteiger partial charge in [-0.1, -0.05) is 18.2 Å². The van der Waals surface area contributed by atoms with Crippen LogP contribution in [0.3, 0.4) is 0 Å². The fourth-order valence-corrected chi connectivity index (χ4v) is 1.59. The van der Waals surface area contributed by atoms with Gasteiger partial charge in [-0.2, -0.15) is 4.98 Å². The van der Waals surface area contributed by atoms with E-state index in [0.717, 1.165) is 17.9 Å². The van der Waals surface area contributed by atoms with E-state index in [4.69, 9.17) is 11.6 Å². The molecule has 2 aromatic rings. The van der Waals surface area contributed by atoms with E-state index in [-0.39, 0.29) is 5.28 Å². The van der Waals surface area contributed by atoms with Crippen LogP contribution >= 0.6 is 11.6 Å². The molecule has 0 atom stereocenters. The van der Waals surface area contributed by atoms with Crippen molar-refractivity contribution in [2.24, 2.45) is 0 Å². The fourth-order valence-electron chi connectivity index (χ4n) is 1.47. The quantitative estimate of drug-likeness (QED) is 0.820. The Morgan fingerprint density at radius 2 is 2.11 bits per heavy atom. The summed E-state index contributed by atoms with van der Waals surface area (Å²) in [5.74, 6) is 0.422. The average molecular weight is 276 g/mol. The standard InChI is InChI=1S/C13H14ClN5/c1-2-3-7-15-10-5-4-6-11(8-10)18-13-17-9-16-12(14)19-13/h2-6,8-9,15H,7H2,1H3,(H,16,17,18,19). The Labute approximate surface area is 116 Å². The van der Waals surface area contributed by atoms with E-state index < -0.39 is 0 Å². The number of hydrogen-bond acceptors (Lipinski definition) is 5. The van der Waals surface area contributed by atoms with Gasteiger partial charge in [-0.05, 0) is 36.7 Å². The number of rotatable bonds is 5. The molecule has 0 aliphatic heterocycles. The lowest BCUT2D eigenvalue weighted by Crippen LogP contribution is -2.00. The maximum Gasteiger partial charge on any atom is 0.231 e. The first-order valence-electron chi connectivity index (χ1n) is 5.84. The smallest absolute Gasteiger partial charge is 0.231 e. The SMILES string of the molecule is CC=CCNc1cccc(Nc2ncnc(Cl)n2)c1. The molecular formula is C13H14ClN5. The highest BCUT2D eigenvalue weighted by Crippen LogP contribution is 2.18. The number of allylic oxidation sites excluding steroid dienone is 1. The summed E-state index contributed by atoms with van der Waals surface area (Å²) in [5, 5.41) is 6.51. The maximum absolute atomic E-state index is 5.70. The number of benzene rings is 1. The molecule has 19 heavy (non-hydrogen) atoms. The summed E-state index contributed by atoms with van der Waals surface area (Å²) in [5.41, 5.74) is 1.90. The highest BCUT2D eigenvalue weighted by molar-refractivity contribution is 6.28. The first kappa shape index (κ1) is 13.3. The van der Waals surface area contributed by atoms with E-state index in [1.165, 1.54) is 6.33 Å². The molecule has 0 aliphatic carbocycles. The monoisotopic (exact) mass is 275 g/mol. The van der Waals surface area contributed by atoms with E-state index in [9.17, 15) is 0 Å². The second-order valence-electron chi connectivity index (χ2n) is 3.73. The predicted octanol–water partition coefficient (Wildman–Crippen LogP) is 3.26. The second-order valence-corrected chi connectivity index (χ2v) is 4.07. The molecule has 0 saturated carbocycles. The van der Waals surface area contributed by atoms with Crippen molar-refractivity contribution in [3.8, 4) is 0 Å². The van der Waals surface area contributed by atoms with Crippen LogP contribution in [-0.4, -0.2) is 21.5 Å². The van der Waals surface area contributed by atoms with Crippen LogP contribution in [0.25, 0.3) is 0 Å². The van der Waals surface area contributed by atoms with Crippen LogP contribution in [-0.2, 0) is 0 Å². The van der Waals surface area contributed by atoms with Gasteiger partial charge >= 0.3 is 0 Å². The lowest BCUT2D eigenvalue weighted by molar-refractivity contribution is 1.05. The number of anilines is 3. The van der Waals surface area contributed by atoms with Crippen molar-refractivity contribution >= 4 is 28.9 Å². The highest BCUT2D eigenvalue weighted by Gasteiger charge is 2.00. The Morgan fingerprint density at radius 3 is 2.89 bits per heavy atom. The number of nitrogens with zero attached hydrogens (tertiary/aromatic N) is 3. The summed E-state index contributed by atoms with van der Waals surface area (Å²) < 4.78 is 0. The van der Waals surface area contributed by atoms with Gasteiger partial charge in [-0.15, -0.1) is 0 Å². The van der Waals surface area contributed by atoms with Crippen molar-refractivity contribution in [3.63, 3.8) is 0 Å². The minimum Gasteiger partial charge on any atom is -0.382 e. The summed E-state index contributed by atoms with van der Waals surface area (Å²) in [6.45, 7) is 2.78. The van der Waals surface area contributed by atoms with E-state index in [1.807, 2.05) is 43.3 Å². The molecule has 0 saturated heterocycles. The molecule has 1 aromatic carbocycles. The molecule has 5 nitrogen and oxygen atoms in total. The third-order valence-electron chi connectivity index (χ3n) is 2.32. The molecule has 0 spiro atoms. The lowest BCUT2D eigenvalue weighted by atomic mass is 10.2. The summed E-state index contributed by atoms with van der Waals surface area (Å²) >= 11 is 5.70. The number of nitrogens with one attached hydrogen (secondary N) is 2. The minimum atomic E-state index is 0.167. The van der Waals surface area contributed by atoms with Crippen LogP contribution in [0.5, 0.6) is 0 Å². The average Bonchev–Trinajstić information content (AvgIpc) is 2.39. The molecule has 0 amide bonds. The van der Waals surface area contributed by atoms with Gasteiger partial charge in [-0.3, -0.25) is 0 Å². The van der Waals surface area contributed by atoms with Gasteiger partial charge < -0.3 is 10.6 Å². The molecule has 6 heteroatoms. The van der Waals surface area contributed by atoms with Gasteiger partial charge in [0, 0.05) is 17.9 Å². The molecule has 0 fully saturated rings. The van der Waals surface area contributed by atoms with Crippen LogP contribution in [0, 0.1) is 0 Å². The van der Waals surface area contributed by atoms with Crippen molar-refractivity contribution in [1.29, 1.82) is 0 Å². The summed E-state index contributed by atoms with van der Waals surface area (Å²) in [6, 6.07) is 7.85. The minimum absolute atomic E-state index is 0.167. The van der Waals surface area contributed by atoms with Gasteiger partial charge in [-0.25, -0.2) is 9.97 Å². The largest absolute Gasteiger partial charge is 0.382 e. The van der Waals surface area contributed by atoms with Crippen molar-refractivity contribution in [2.75, 3.05) is 17.2 Å². The molecule has 0 bridgehead atoms. The number of hydrogen-bond donors (Lipinski definition) is 2. The molecule has 2 N–H and O–H groups in total. The topological polar surface area (TPSA) is 62.7 Å². The van der Waals surface area contributed by atoms with Gasteiger partial charge in [0.05, 0.1) is 0 Å². The number of aromatic nitrogens is 3. The fraction of sp³-hybridized carbons (Fsp3) is 0.154. The normalized spacial score (nSPS) is 10.6. The number of halogens is 1. The first-order chi connectivity index (χ1) is 9.28. The van der Waals surface area contributed by atoms with E-state index in [1.54, 1.807) is 0 Å². The molecule has 1 heterocycles. The molecule has 0 aliphatic rings. The Kier molecular flexibility index (Phi) is 4.69. The van der Waals surface area contributed by atoms with Gasteiger partial charge in [0.1, 0.15) is 6.33 Å². The molecule has 98 valence electrons. The Morgan fingerprint density at radius 1 is 1.26 bits per heavy atom. The van der Waals surface area contributed by atoms with Gasteiger partial charge in [0.2, 0.25) is 11.2 Å². The van der Waals surface area contributed by atoms with Crippen LogP contribution in [0.1, 0.15) is 6.92 Å². The Balaban J connectivity index is 2.06. The molecule has 0 unspecified atom stereocenters. The summed E-state index contributed by atoms with van der Waals surface area (Å²) in [4.78, 5) is 11.7. The van der Waals surface area contributed by atoms with Crippen molar-refractivity contribution in [2.45, 2.75) is 6.92 Å². The Bertz CT molecular complexity index is 570. The van der Waals surface area contributed by atoms with Crippen LogP contribution in [0.15, 0.2) is 42.7 Å². The first-order valence-corrected chi connectivity index (χ1v) is 6.22. The van der Waals surface area contributed by atoms with Crippen molar-refractivity contribution in [3.05, 3.63) is 48.0 Å². The molecule has 2 rings (SSSR count). The zero-order valence-corrected chi connectivity index (χ0v) is 11.2. The van der Waals surface area contributed by atoms with E-state index in [2.05, 4.69) is 25.6 Å². The lowest BCUT2D eigenvalue weighted by Gasteiger charge is -2.07. The van der Waals surface area contributed by atoms with Crippen LogP contribution < -0.4 is 10.6 Å². The van der Waals surface area contributed by atoms with Crippen molar-refractivity contribution in [1.82, 2.24) is 15.0 Å². The molecule has 0 radical (unpaired) electrons. The summed E-state index contributed by atoms with van der Waals surface area (Å²) in [6.07, 6.45) is 5.42. The van der Waals surface area contributed by atoms with Crippen molar-refractivity contribution < 1.29 is 0 Å². The Hall–Kier alpha value is -2.14. The zero-order valence-electron chi connectivity index (χ0n) is 10.5. The molecular weight excluding hydrogens is 262 g/mol. The third-order valence-corrected chi connectivity index (χ3v) is 2.50. The third kappa shape index (κ3) is 4.22. The second kappa shape index (κ2) is 6.70. The molecule has 1 aromatic heterocycles.